The Morgan fingerprint density at radius 1 is 1.39 bits per heavy atom. The largest absolute Gasteiger partial charge is 0.508 e. The molecule has 0 spiro atoms. The first kappa shape index (κ1) is 11.1. The van der Waals surface area contributed by atoms with E-state index in [2.05, 4.69) is 17.0 Å². The second-order valence-electron chi connectivity index (χ2n) is 4.92. The van der Waals surface area contributed by atoms with Crippen LogP contribution in [0.2, 0.25) is 0 Å². The predicted molar refractivity (Wildman–Crippen MR) is 68.2 cm³/mol. The standard InChI is InChI=1S/C13H16N4O/c1-8-6-12-15-13(14)16-17(12)7-10(8)9-4-2-3-5-11(9)18/h2-5,8,10,18H,6-7H2,1H3,(H2,14,16). The van der Waals surface area contributed by atoms with Gasteiger partial charge in [-0.1, -0.05) is 25.1 Å². The van der Waals surface area contributed by atoms with Gasteiger partial charge < -0.3 is 10.8 Å². The Balaban J connectivity index is 1.98. The third-order valence-electron chi connectivity index (χ3n) is 3.66. The minimum absolute atomic E-state index is 0.250. The molecule has 3 N–H and O–H groups in total. The zero-order valence-corrected chi connectivity index (χ0v) is 10.2. The second-order valence-corrected chi connectivity index (χ2v) is 4.92. The number of nitrogens with two attached hydrogens (primary N) is 1. The Morgan fingerprint density at radius 2 is 2.17 bits per heavy atom. The van der Waals surface area contributed by atoms with Crippen molar-refractivity contribution in [2.75, 3.05) is 5.73 Å². The second kappa shape index (κ2) is 4.01. The summed E-state index contributed by atoms with van der Waals surface area (Å²) in [6, 6.07) is 7.49. The van der Waals surface area contributed by atoms with E-state index in [1.54, 1.807) is 6.07 Å². The van der Waals surface area contributed by atoms with Gasteiger partial charge >= 0.3 is 0 Å². The van der Waals surface area contributed by atoms with Crippen molar-refractivity contribution in [1.29, 1.82) is 0 Å². The minimum Gasteiger partial charge on any atom is -0.508 e. The highest BCUT2D eigenvalue weighted by atomic mass is 16.3. The Kier molecular flexibility index (Phi) is 2.47. The van der Waals surface area contributed by atoms with Crippen LogP contribution in [0.5, 0.6) is 5.75 Å². The molecule has 0 bridgehead atoms. The summed E-state index contributed by atoms with van der Waals surface area (Å²) in [6.07, 6.45) is 0.837. The Morgan fingerprint density at radius 3 is 2.94 bits per heavy atom. The van der Waals surface area contributed by atoms with Crippen molar-refractivity contribution < 1.29 is 5.11 Å². The lowest BCUT2D eigenvalue weighted by atomic mass is 9.82. The number of benzene rings is 1. The molecule has 1 aliphatic rings. The van der Waals surface area contributed by atoms with Gasteiger partial charge in [0.1, 0.15) is 11.6 Å². The van der Waals surface area contributed by atoms with E-state index in [1.807, 2.05) is 22.9 Å². The Labute approximate surface area is 105 Å². The van der Waals surface area contributed by atoms with Gasteiger partial charge in [0.05, 0.1) is 6.54 Å². The number of nitrogen functional groups attached to an aromatic ring is 1. The van der Waals surface area contributed by atoms with E-state index in [1.165, 1.54) is 0 Å². The van der Waals surface area contributed by atoms with Gasteiger partial charge in [-0.15, -0.1) is 5.10 Å². The van der Waals surface area contributed by atoms with Crippen molar-refractivity contribution in [1.82, 2.24) is 14.8 Å². The summed E-state index contributed by atoms with van der Waals surface area (Å²) in [5, 5.41) is 14.2. The SMILES string of the molecule is CC1Cc2nc(N)nn2CC1c1ccccc1O. The number of phenolic OH excluding ortho intramolecular Hbond substituents is 1. The monoisotopic (exact) mass is 244 g/mol. The molecule has 0 radical (unpaired) electrons. The van der Waals surface area contributed by atoms with Gasteiger partial charge in [0.25, 0.3) is 0 Å². The van der Waals surface area contributed by atoms with Crippen molar-refractivity contribution in [3.63, 3.8) is 0 Å². The van der Waals surface area contributed by atoms with E-state index >= 15 is 0 Å². The lowest BCUT2D eigenvalue weighted by molar-refractivity contribution is 0.321. The number of phenols is 1. The number of hydrogen-bond donors (Lipinski definition) is 2. The number of aromatic hydroxyl groups is 1. The number of rotatable bonds is 1. The summed E-state index contributed by atoms with van der Waals surface area (Å²) in [4.78, 5) is 4.22. The zero-order valence-electron chi connectivity index (χ0n) is 10.2. The van der Waals surface area contributed by atoms with Crippen molar-refractivity contribution >= 4 is 5.95 Å². The molecule has 1 aromatic heterocycles. The van der Waals surface area contributed by atoms with Crippen molar-refractivity contribution in [2.45, 2.75) is 25.8 Å². The average Bonchev–Trinajstić information content (AvgIpc) is 2.68. The van der Waals surface area contributed by atoms with Gasteiger partial charge in [-0.3, -0.25) is 0 Å². The summed E-state index contributed by atoms with van der Waals surface area (Å²) in [5.41, 5.74) is 6.60. The summed E-state index contributed by atoms with van der Waals surface area (Å²) in [7, 11) is 0. The minimum atomic E-state index is 0.250. The molecule has 94 valence electrons. The van der Waals surface area contributed by atoms with Crippen molar-refractivity contribution in [3.05, 3.63) is 35.7 Å². The third-order valence-corrected chi connectivity index (χ3v) is 3.66. The van der Waals surface area contributed by atoms with E-state index in [0.29, 0.717) is 17.6 Å². The molecule has 18 heavy (non-hydrogen) atoms. The molecule has 0 saturated heterocycles. The Hall–Kier alpha value is -2.04. The molecule has 0 amide bonds. The number of hydrogen-bond acceptors (Lipinski definition) is 4. The molecule has 1 aromatic carbocycles. The van der Waals surface area contributed by atoms with Crippen molar-refractivity contribution in [2.24, 2.45) is 5.92 Å². The predicted octanol–water partition coefficient (Wildman–Crippen LogP) is 1.54. The van der Waals surface area contributed by atoms with Crippen LogP contribution in [-0.2, 0) is 13.0 Å². The molecule has 2 heterocycles. The average molecular weight is 244 g/mol. The highest BCUT2D eigenvalue weighted by Gasteiger charge is 2.30. The fourth-order valence-corrected chi connectivity index (χ4v) is 2.69. The normalized spacial score (nSPS) is 22.7. The van der Waals surface area contributed by atoms with Crippen LogP contribution in [0, 0.1) is 5.92 Å². The summed E-state index contributed by atoms with van der Waals surface area (Å²) >= 11 is 0. The molecule has 2 aromatic rings. The van der Waals surface area contributed by atoms with Gasteiger partial charge in [-0.05, 0) is 17.5 Å². The van der Waals surface area contributed by atoms with Crippen LogP contribution in [0.4, 0.5) is 5.95 Å². The molecule has 5 nitrogen and oxygen atoms in total. The number of fused-ring (bicyclic) bond motifs is 1. The molecule has 0 aliphatic carbocycles. The van der Waals surface area contributed by atoms with Crippen LogP contribution >= 0.6 is 0 Å². The van der Waals surface area contributed by atoms with Crippen LogP contribution < -0.4 is 5.73 Å². The third kappa shape index (κ3) is 1.72. The zero-order chi connectivity index (χ0) is 12.7. The molecule has 3 rings (SSSR count). The first-order valence-corrected chi connectivity index (χ1v) is 6.12. The van der Waals surface area contributed by atoms with Gasteiger partial charge in [0, 0.05) is 12.3 Å². The van der Waals surface area contributed by atoms with Crippen LogP contribution in [-0.4, -0.2) is 19.9 Å². The Bertz CT molecular complexity index is 578. The van der Waals surface area contributed by atoms with Gasteiger partial charge in [-0.2, -0.15) is 4.98 Å². The van der Waals surface area contributed by atoms with Crippen LogP contribution in [0.25, 0.3) is 0 Å². The number of nitrogens with zero attached hydrogens (tertiary/aromatic N) is 3. The number of para-hydroxylation sites is 1. The molecule has 1 aliphatic heterocycles. The number of aromatic nitrogens is 3. The highest BCUT2D eigenvalue weighted by molar-refractivity contribution is 5.36. The molecule has 0 fully saturated rings. The fraction of sp³-hybridized carbons (Fsp3) is 0.385. The molecular formula is C13H16N4O. The highest BCUT2D eigenvalue weighted by Crippen LogP contribution is 2.36. The summed E-state index contributed by atoms with van der Waals surface area (Å²) in [5.74, 6) is 2.28. The fourth-order valence-electron chi connectivity index (χ4n) is 2.69. The van der Waals surface area contributed by atoms with E-state index in [9.17, 15) is 5.11 Å². The molecule has 2 unspecified atom stereocenters. The van der Waals surface area contributed by atoms with E-state index < -0.39 is 0 Å². The smallest absolute Gasteiger partial charge is 0.239 e. The summed E-state index contributed by atoms with van der Waals surface area (Å²) in [6.45, 7) is 2.89. The first-order valence-electron chi connectivity index (χ1n) is 6.12. The van der Waals surface area contributed by atoms with E-state index in [0.717, 1.165) is 24.4 Å². The maximum atomic E-state index is 9.96. The maximum Gasteiger partial charge on any atom is 0.239 e. The first-order chi connectivity index (χ1) is 8.65. The quantitative estimate of drug-likeness (QED) is 0.797. The molecule has 0 saturated carbocycles. The van der Waals surface area contributed by atoms with E-state index in [-0.39, 0.29) is 5.92 Å². The maximum absolute atomic E-state index is 9.96. The lowest BCUT2D eigenvalue weighted by Gasteiger charge is -2.29. The molecular weight excluding hydrogens is 228 g/mol. The molecule has 5 heteroatoms. The topological polar surface area (TPSA) is 77.0 Å². The number of anilines is 1. The van der Waals surface area contributed by atoms with Crippen molar-refractivity contribution in [3.8, 4) is 5.75 Å². The van der Waals surface area contributed by atoms with Gasteiger partial charge in [0.2, 0.25) is 5.95 Å². The van der Waals surface area contributed by atoms with E-state index in [4.69, 9.17) is 5.73 Å². The summed E-state index contributed by atoms with van der Waals surface area (Å²) < 4.78 is 1.85. The van der Waals surface area contributed by atoms with Crippen LogP contribution in [0.1, 0.15) is 24.2 Å². The lowest BCUT2D eigenvalue weighted by Crippen LogP contribution is -2.27. The van der Waals surface area contributed by atoms with Crippen LogP contribution in [0.3, 0.4) is 0 Å². The molecule has 2 atom stereocenters. The van der Waals surface area contributed by atoms with Crippen LogP contribution in [0.15, 0.2) is 24.3 Å². The van der Waals surface area contributed by atoms with Gasteiger partial charge in [-0.25, -0.2) is 4.68 Å². The van der Waals surface area contributed by atoms with Gasteiger partial charge in [0.15, 0.2) is 0 Å².